The molecule has 107 heavy (non-hydrogen) atoms. The van der Waals surface area contributed by atoms with Gasteiger partial charge in [0.25, 0.3) is 6.33 Å². The summed E-state index contributed by atoms with van der Waals surface area (Å²) >= 11 is 0. The Morgan fingerprint density at radius 1 is 0.364 bits per heavy atom. The minimum atomic E-state index is -6.57. The van der Waals surface area contributed by atoms with Crippen LogP contribution in [0.2, 0.25) is 0 Å². The van der Waals surface area contributed by atoms with Gasteiger partial charge in [0.1, 0.15) is 17.3 Å². The Morgan fingerprint density at radius 2 is 0.850 bits per heavy atom. The molecule has 0 aliphatic carbocycles. The van der Waals surface area contributed by atoms with Crippen molar-refractivity contribution in [3.63, 3.8) is 0 Å². The second-order valence-corrected chi connectivity index (χ2v) is 33.3. The highest BCUT2D eigenvalue weighted by atomic mass is 28.3. The van der Waals surface area contributed by atoms with Crippen LogP contribution in [-0.2, 0) is 5.41 Å². The molecule has 3 aromatic heterocycles. The number of rotatable bonds is 14. The van der Waals surface area contributed by atoms with Crippen LogP contribution in [0.1, 0.15) is 77.1 Å². The predicted octanol–water partition coefficient (Wildman–Crippen LogP) is 18.7. The minimum absolute atomic E-state index is 0.00341. The number of ether oxygens (including phenoxy) is 1. The van der Waals surface area contributed by atoms with E-state index in [1.54, 1.807) is 91.1 Å². The third-order valence-electron chi connectivity index (χ3n) is 19.4. The molecule has 4 heterocycles. The summed E-state index contributed by atoms with van der Waals surface area (Å²) in [6.45, 7) is 6.25. The summed E-state index contributed by atoms with van der Waals surface area (Å²) in [6, 6.07) is 2.87. The summed E-state index contributed by atoms with van der Waals surface area (Å²) in [6.07, 6.45) is 5.30. The summed E-state index contributed by atoms with van der Waals surface area (Å²) in [4.78, 5) is 4.88. The molecule has 0 bridgehead atoms. The van der Waals surface area contributed by atoms with Crippen molar-refractivity contribution in [2.75, 3.05) is 0 Å². The first kappa shape index (κ1) is 36.6. The van der Waals surface area contributed by atoms with Gasteiger partial charge >= 0.3 is 0 Å². The van der Waals surface area contributed by atoms with Gasteiger partial charge in [0.05, 0.1) is 84.2 Å². The van der Waals surface area contributed by atoms with Crippen molar-refractivity contribution in [3.8, 4) is 84.3 Å². The van der Waals surface area contributed by atoms with Crippen molar-refractivity contribution in [1.82, 2.24) is 14.1 Å². The Kier molecular flexibility index (Phi) is 9.09. The maximum absolute atomic E-state index is 11.3. The number of hydrogen-bond donors (Lipinski definition) is 0. The number of hydrogen-bond acceptors (Lipinski definition) is 2. The average Bonchev–Trinajstić information content (AvgIpc) is 0.781. The van der Waals surface area contributed by atoms with Crippen molar-refractivity contribution in [1.29, 1.82) is 0 Å². The number of pyridine rings is 1. The van der Waals surface area contributed by atoms with Crippen molar-refractivity contribution in [3.05, 3.63) is 405 Å². The van der Waals surface area contributed by atoms with Crippen LogP contribution in [0.3, 0.4) is 0 Å². The Balaban J connectivity index is 0.997. The molecule has 1 aliphatic rings. The third kappa shape index (κ3) is 11.0. The van der Waals surface area contributed by atoms with E-state index in [4.69, 9.17) is 17.9 Å². The summed E-state index contributed by atoms with van der Waals surface area (Å²) in [5.74, 6) is 1.01. The van der Waals surface area contributed by atoms with E-state index in [-0.39, 0.29) is 67.1 Å². The number of imidazole rings is 1. The predicted molar refractivity (Wildman–Crippen MR) is 449 cm³/mol. The maximum atomic E-state index is 11.3. The van der Waals surface area contributed by atoms with Crippen molar-refractivity contribution < 1.29 is 60.0 Å². The largest absolute Gasteiger partial charge is 0.458 e. The number of para-hydroxylation sites is 2. The van der Waals surface area contributed by atoms with Crippen LogP contribution in [-0.4, -0.2) is 30.3 Å². The number of nitrogens with zero attached hydrogens (tertiary/aromatic N) is 4. The Morgan fingerprint density at radius 3 is 1.46 bits per heavy atom. The van der Waals surface area contributed by atoms with Crippen LogP contribution in [0, 0.1) is 6.33 Å². The van der Waals surface area contributed by atoms with E-state index in [2.05, 4.69) is 27.1 Å². The molecule has 0 spiro atoms. The highest BCUT2D eigenvalue weighted by Gasteiger charge is 2.43. The van der Waals surface area contributed by atoms with Gasteiger partial charge in [-0.2, -0.15) is 0 Å². The highest BCUT2D eigenvalue weighted by Crippen LogP contribution is 2.47. The first-order chi connectivity index (χ1) is 68.0. The van der Waals surface area contributed by atoms with Gasteiger partial charge in [-0.1, -0.05) is 347 Å². The molecule has 0 atom stereocenters. The summed E-state index contributed by atoms with van der Waals surface area (Å²) < 4.78 is 374. The maximum Gasteiger partial charge on any atom is 0.269 e. The van der Waals surface area contributed by atoms with E-state index in [0.717, 1.165) is 27.9 Å². The van der Waals surface area contributed by atoms with Gasteiger partial charge < -0.3 is 4.74 Å². The fourth-order valence-electron chi connectivity index (χ4n) is 14.6. The Bertz CT molecular complexity index is 8420. The molecule has 0 fully saturated rings. The molecular weight excluding hydrogens is 1330 g/mol. The van der Waals surface area contributed by atoms with Crippen LogP contribution in [0.5, 0.6) is 11.5 Å². The third-order valence-corrected chi connectivity index (χ3v) is 27.4. The zero-order valence-electron chi connectivity index (χ0n) is 93.9. The number of benzene rings is 15. The number of fused-ring (bicyclic) bond motifs is 10. The highest BCUT2D eigenvalue weighted by molar-refractivity contribution is 7.20. The molecule has 1 aliphatic heterocycles. The number of aromatic nitrogens is 4. The molecule has 0 saturated carbocycles. The average molecular weight is 1440 g/mol. The van der Waals surface area contributed by atoms with E-state index in [9.17, 15) is 42.5 Å². The summed E-state index contributed by atoms with van der Waals surface area (Å²) in [7, 11) is -13.0. The molecular formula is C100H74N4OSi2. The van der Waals surface area contributed by atoms with E-state index < -0.39 is 292 Å². The Hall–Kier alpha value is -13.0. The zero-order chi connectivity index (χ0) is 104. The topological polar surface area (TPSA) is 35.9 Å². The molecule has 0 N–H and O–H groups in total. The van der Waals surface area contributed by atoms with E-state index in [1.165, 1.54) is 33.4 Å². The van der Waals surface area contributed by atoms with Crippen LogP contribution in [0.15, 0.2) is 394 Å². The standard InChI is InChI=1S/C100H74N4OSi2/c1-100(2,3)73-60-61-101-97(66-73)104-94-57-27-26-54-90(94)91-59-58-76(68-95(91)104)105-75-35-30-34-74(67-75)102-69-103-98-85(71-33-29-49-84(63-71)107(80-42-16-7-17-43-80,81-44-18-8-19-45-81)82-46-20-9-21-47-82)55-31-56-92(98)88-52-24-22-50-86(88)87-51-23-25-53-89(87)93-64-72(65-96(102)99(93)103)70-32-28-48-83(62-70)106(77-36-10-4-11-37-77,78-38-12-5-13-39-78)79-40-14-6-15-41-79/h4-68H,1-3H3/i4D,5D,6D,7D,8D,9D,10D,11D,12D,13D,14D,16D,17D,18D,19D,20D,21D,28D,29D,32D,33D,36D,37D,38D,39D,40D,41D,42D,43D,44D,45D,46D,47D,48D,49D,62D,63D. The molecule has 18 aromatic rings. The van der Waals surface area contributed by atoms with Crippen molar-refractivity contribution in [2.24, 2.45) is 0 Å². The normalized spacial score (nSPS) is 16.9. The molecule has 0 amide bonds. The van der Waals surface area contributed by atoms with Crippen LogP contribution < -0.4 is 50.8 Å². The fourth-order valence-corrected chi connectivity index (χ4v) is 21.8. The minimum Gasteiger partial charge on any atom is -0.458 e. The van der Waals surface area contributed by atoms with Gasteiger partial charge in [0.15, 0.2) is 16.1 Å². The van der Waals surface area contributed by atoms with Gasteiger partial charge in [0, 0.05) is 23.0 Å². The monoisotopic (exact) mass is 1440 g/mol. The second kappa shape index (κ2) is 26.6. The lowest BCUT2D eigenvalue weighted by atomic mass is 9.88. The molecule has 19 rings (SSSR count). The van der Waals surface area contributed by atoms with Crippen molar-refractivity contribution >= 4 is 90.5 Å². The van der Waals surface area contributed by atoms with Gasteiger partial charge in [-0.3, -0.25) is 13.7 Å². The van der Waals surface area contributed by atoms with Gasteiger partial charge in [-0.25, -0.2) is 4.98 Å². The van der Waals surface area contributed by atoms with E-state index in [0.29, 0.717) is 28.0 Å². The lowest BCUT2D eigenvalue weighted by molar-refractivity contribution is -0.570. The Labute approximate surface area is 678 Å². The molecule has 508 valence electrons. The fraction of sp³-hybridized carbons (Fsp3) is 0.0400. The molecule has 0 radical (unpaired) electrons. The molecule has 5 nitrogen and oxygen atoms in total. The lowest BCUT2D eigenvalue weighted by Crippen LogP contribution is -2.74. The molecule has 15 aromatic carbocycles. The second-order valence-electron chi connectivity index (χ2n) is 26.3. The summed E-state index contributed by atoms with van der Waals surface area (Å²) in [5, 5.41) is -6.75. The molecule has 0 unspecified atom stereocenters. The smallest absolute Gasteiger partial charge is 0.269 e. The first-order valence-electron chi connectivity index (χ1n) is 52.4. The quantitative estimate of drug-likeness (QED) is 0.0471. The van der Waals surface area contributed by atoms with Gasteiger partial charge in [-0.05, 0) is 163 Å². The SMILES string of the molecule is [2H]c1cc([2H])c([Si](c2c([2H])c([2H])c([2H])c([2H])c2[2H])(c2c([2H])c([2H])c([2H])c([2H])c2[2H])c2c([2H])c([2H])c([2H])c(-c3cc4c5c(c3)n(-c3cccc(Oc6ccc7c8ccccc8n(-c8cc(C(C)(C)C)ccn8)c7c6)c3)[c-][n+]5-c3c(cccc3-c3c([2H])c([2H])c([2H])c([Si](c5c([2H])c([2H])c([2H])c([2H])c5[2H])(c5c([2H])c([2H])c([2H])c([2H])c5[2H])c5c([2H])c([2H])c([2H])c([2H])c5[2H])c3[2H])-c3ccccc3-c3ccccc3-4)c2[2H])c([2H])c1[2H]. The molecule has 7 heteroatoms. The van der Waals surface area contributed by atoms with Crippen molar-refractivity contribution in [2.45, 2.75) is 26.2 Å². The lowest BCUT2D eigenvalue weighted by Gasteiger charge is -2.34. The van der Waals surface area contributed by atoms with Crippen LogP contribution in [0.4, 0.5) is 0 Å². The molecule has 0 saturated heterocycles. The summed E-state index contributed by atoms with van der Waals surface area (Å²) in [5.41, 5.74) is 1.58. The van der Waals surface area contributed by atoms with Crippen LogP contribution in [0.25, 0.3) is 106 Å². The van der Waals surface area contributed by atoms with E-state index >= 15 is 0 Å². The zero-order valence-corrected chi connectivity index (χ0v) is 58.9. The van der Waals surface area contributed by atoms with Gasteiger partial charge in [0.2, 0.25) is 0 Å². The van der Waals surface area contributed by atoms with Crippen LogP contribution >= 0.6 is 0 Å². The van der Waals surface area contributed by atoms with Gasteiger partial charge in [-0.15, -0.1) is 0 Å². The first-order valence-corrected chi connectivity index (χ1v) is 37.9. The van der Waals surface area contributed by atoms with E-state index in [1.807, 2.05) is 53.1 Å².